The van der Waals surface area contributed by atoms with Crippen molar-refractivity contribution in [3.63, 3.8) is 0 Å². The standard InChI is InChI=1S/C18H34N2O.ClH/c1-13(2)17(12-15-7-5-4-6-8-15)18(21)20-16-9-10-19-14(3)11-16;/h13-17,19H,4-12H2,1-3H3,(H,20,21);1H. The number of amides is 1. The number of piperidine rings is 1. The van der Waals surface area contributed by atoms with E-state index in [1.807, 2.05) is 0 Å². The van der Waals surface area contributed by atoms with Crippen molar-refractivity contribution >= 4 is 18.3 Å². The van der Waals surface area contributed by atoms with Crippen molar-refractivity contribution in [1.82, 2.24) is 10.6 Å². The summed E-state index contributed by atoms with van der Waals surface area (Å²) in [5.74, 6) is 1.75. The summed E-state index contributed by atoms with van der Waals surface area (Å²) in [6.45, 7) is 7.65. The first kappa shape index (κ1) is 19.8. The van der Waals surface area contributed by atoms with Crippen LogP contribution in [-0.2, 0) is 4.79 Å². The van der Waals surface area contributed by atoms with Crippen molar-refractivity contribution < 1.29 is 4.79 Å². The van der Waals surface area contributed by atoms with Crippen LogP contribution in [0.15, 0.2) is 0 Å². The summed E-state index contributed by atoms with van der Waals surface area (Å²) in [6.07, 6.45) is 10.0. The summed E-state index contributed by atoms with van der Waals surface area (Å²) >= 11 is 0. The van der Waals surface area contributed by atoms with Gasteiger partial charge in [0.25, 0.3) is 0 Å². The van der Waals surface area contributed by atoms with E-state index < -0.39 is 0 Å². The molecule has 1 aliphatic carbocycles. The van der Waals surface area contributed by atoms with Crippen molar-refractivity contribution in [2.45, 2.75) is 84.2 Å². The van der Waals surface area contributed by atoms with Gasteiger partial charge in [0.2, 0.25) is 5.91 Å². The van der Waals surface area contributed by atoms with Gasteiger partial charge in [0.15, 0.2) is 0 Å². The highest BCUT2D eigenvalue weighted by atomic mass is 35.5. The summed E-state index contributed by atoms with van der Waals surface area (Å²) < 4.78 is 0. The van der Waals surface area contributed by atoms with E-state index in [1.54, 1.807) is 0 Å². The van der Waals surface area contributed by atoms with Gasteiger partial charge in [0, 0.05) is 18.0 Å². The third-order valence-electron chi connectivity index (χ3n) is 5.42. The molecule has 1 aliphatic heterocycles. The van der Waals surface area contributed by atoms with Crippen LogP contribution in [0.3, 0.4) is 0 Å². The second-order valence-electron chi connectivity index (χ2n) is 7.68. The molecule has 1 amide bonds. The Bertz CT molecular complexity index is 329. The van der Waals surface area contributed by atoms with E-state index in [4.69, 9.17) is 0 Å². The molecule has 3 unspecified atom stereocenters. The molecule has 22 heavy (non-hydrogen) atoms. The number of rotatable bonds is 5. The maximum absolute atomic E-state index is 12.7. The summed E-state index contributed by atoms with van der Waals surface area (Å²) in [7, 11) is 0. The molecule has 2 N–H and O–H groups in total. The first-order chi connectivity index (χ1) is 10.1. The molecule has 1 saturated heterocycles. The maximum atomic E-state index is 12.7. The lowest BCUT2D eigenvalue weighted by molar-refractivity contribution is -0.128. The molecule has 0 bridgehead atoms. The van der Waals surface area contributed by atoms with E-state index in [0.717, 1.165) is 31.7 Å². The van der Waals surface area contributed by atoms with Gasteiger partial charge in [-0.1, -0.05) is 46.0 Å². The van der Waals surface area contributed by atoms with Crippen molar-refractivity contribution in [3.05, 3.63) is 0 Å². The summed E-state index contributed by atoms with van der Waals surface area (Å²) in [4.78, 5) is 12.7. The highest BCUT2D eigenvalue weighted by Gasteiger charge is 2.29. The molecule has 0 radical (unpaired) electrons. The minimum Gasteiger partial charge on any atom is -0.353 e. The minimum absolute atomic E-state index is 0. The molecule has 3 nitrogen and oxygen atoms in total. The predicted octanol–water partition coefficient (Wildman–Crippen LogP) is 3.91. The Balaban J connectivity index is 0.00000242. The Morgan fingerprint density at radius 2 is 1.86 bits per heavy atom. The van der Waals surface area contributed by atoms with Crippen LogP contribution in [0.1, 0.15) is 72.1 Å². The van der Waals surface area contributed by atoms with E-state index in [-0.39, 0.29) is 18.3 Å². The Kier molecular flexibility index (Phi) is 8.78. The Labute approximate surface area is 142 Å². The first-order valence-corrected chi connectivity index (χ1v) is 9.10. The van der Waals surface area contributed by atoms with E-state index >= 15 is 0 Å². The molecular formula is C18H35ClN2O. The van der Waals surface area contributed by atoms with Crippen LogP contribution in [-0.4, -0.2) is 24.5 Å². The predicted molar refractivity (Wildman–Crippen MR) is 95.4 cm³/mol. The van der Waals surface area contributed by atoms with Gasteiger partial charge < -0.3 is 10.6 Å². The third kappa shape index (κ3) is 6.08. The molecule has 1 heterocycles. The molecule has 2 rings (SSSR count). The van der Waals surface area contributed by atoms with Crippen LogP contribution < -0.4 is 10.6 Å². The van der Waals surface area contributed by atoms with Gasteiger partial charge in [-0.25, -0.2) is 0 Å². The Morgan fingerprint density at radius 3 is 2.45 bits per heavy atom. The lowest BCUT2D eigenvalue weighted by atomic mass is 9.79. The normalized spacial score (nSPS) is 28.0. The fourth-order valence-electron chi connectivity index (χ4n) is 4.04. The Hall–Kier alpha value is -0.280. The monoisotopic (exact) mass is 330 g/mol. The average Bonchev–Trinajstić information content (AvgIpc) is 2.45. The largest absolute Gasteiger partial charge is 0.353 e. The van der Waals surface area contributed by atoms with E-state index in [0.29, 0.717) is 23.9 Å². The third-order valence-corrected chi connectivity index (χ3v) is 5.42. The van der Waals surface area contributed by atoms with Crippen LogP contribution >= 0.6 is 12.4 Å². The number of carbonyl (C=O) groups excluding carboxylic acids is 1. The number of carbonyl (C=O) groups is 1. The van der Waals surface area contributed by atoms with Gasteiger partial charge in [0.1, 0.15) is 0 Å². The zero-order valence-electron chi connectivity index (χ0n) is 14.6. The average molecular weight is 331 g/mol. The van der Waals surface area contributed by atoms with Crippen LogP contribution in [0.25, 0.3) is 0 Å². The molecule has 1 saturated carbocycles. The van der Waals surface area contributed by atoms with Crippen molar-refractivity contribution in [2.75, 3.05) is 6.54 Å². The second kappa shape index (κ2) is 9.77. The number of halogens is 1. The van der Waals surface area contributed by atoms with E-state index in [1.165, 1.54) is 32.1 Å². The van der Waals surface area contributed by atoms with Crippen molar-refractivity contribution in [3.8, 4) is 0 Å². The van der Waals surface area contributed by atoms with Gasteiger partial charge in [-0.3, -0.25) is 4.79 Å². The van der Waals surface area contributed by atoms with Crippen molar-refractivity contribution in [1.29, 1.82) is 0 Å². The fraction of sp³-hybridized carbons (Fsp3) is 0.944. The van der Waals surface area contributed by atoms with Gasteiger partial charge in [-0.05, 0) is 44.6 Å². The molecule has 2 fully saturated rings. The zero-order chi connectivity index (χ0) is 15.2. The first-order valence-electron chi connectivity index (χ1n) is 9.10. The highest BCUT2D eigenvalue weighted by Crippen LogP contribution is 2.31. The molecular weight excluding hydrogens is 296 g/mol. The number of hydrogen-bond donors (Lipinski definition) is 2. The van der Waals surface area contributed by atoms with Crippen molar-refractivity contribution in [2.24, 2.45) is 17.8 Å². The summed E-state index contributed by atoms with van der Waals surface area (Å²) in [5, 5.41) is 6.79. The summed E-state index contributed by atoms with van der Waals surface area (Å²) in [5.41, 5.74) is 0. The fourth-order valence-corrected chi connectivity index (χ4v) is 4.04. The molecule has 0 spiro atoms. The van der Waals surface area contributed by atoms with Gasteiger partial charge in [0.05, 0.1) is 0 Å². The zero-order valence-corrected chi connectivity index (χ0v) is 15.4. The quantitative estimate of drug-likeness (QED) is 0.802. The van der Waals surface area contributed by atoms with Gasteiger partial charge in [-0.15, -0.1) is 12.4 Å². The van der Waals surface area contributed by atoms with Crippen LogP contribution in [0, 0.1) is 17.8 Å². The highest BCUT2D eigenvalue weighted by molar-refractivity contribution is 5.85. The Morgan fingerprint density at radius 1 is 1.18 bits per heavy atom. The number of nitrogens with one attached hydrogen (secondary N) is 2. The minimum atomic E-state index is 0. The van der Waals surface area contributed by atoms with Crippen LogP contribution in [0.2, 0.25) is 0 Å². The maximum Gasteiger partial charge on any atom is 0.223 e. The molecule has 2 aliphatic rings. The smallest absolute Gasteiger partial charge is 0.223 e. The SMILES string of the molecule is CC1CC(NC(=O)C(CC2CCCCC2)C(C)C)CCN1.Cl. The van der Waals surface area contributed by atoms with E-state index in [2.05, 4.69) is 31.4 Å². The molecule has 3 atom stereocenters. The molecule has 0 aromatic heterocycles. The lowest BCUT2D eigenvalue weighted by Gasteiger charge is -2.32. The van der Waals surface area contributed by atoms with Crippen LogP contribution in [0.4, 0.5) is 0 Å². The molecule has 0 aromatic carbocycles. The van der Waals surface area contributed by atoms with Gasteiger partial charge in [-0.2, -0.15) is 0 Å². The molecule has 130 valence electrons. The molecule has 0 aromatic rings. The van der Waals surface area contributed by atoms with Gasteiger partial charge >= 0.3 is 0 Å². The molecule has 4 heteroatoms. The number of hydrogen-bond acceptors (Lipinski definition) is 2. The van der Waals surface area contributed by atoms with Crippen LogP contribution in [0.5, 0.6) is 0 Å². The lowest BCUT2D eigenvalue weighted by Crippen LogP contribution is -2.48. The second-order valence-corrected chi connectivity index (χ2v) is 7.68. The topological polar surface area (TPSA) is 41.1 Å². The van der Waals surface area contributed by atoms with E-state index in [9.17, 15) is 4.79 Å². The summed E-state index contributed by atoms with van der Waals surface area (Å²) in [6, 6.07) is 0.904.